The van der Waals surface area contributed by atoms with Crippen LogP contribution < -0.4 is 5.32 Å². The van der Waals surface area contributed by atoms with Gasteiger partial charge in [-0.1, -0.05) is 13.8 Å². The molecule has 0 atom stereocenters. The summed E-state index contributed by atoms with van der Waals surface area (Å²) in [5.74, 6) is 0.557. The van der Waals surface area contributed by atoms with Crippen molar-refractivity contribution in [3.05, 3.63) is 17.8 Å². The Kier molecular flexibility index (Phi) is 5.12. The van der Waals surface area contributed by atoms with Gasteiger partial charge in [0.05, 0.1) is 5.69 Å². The molecule has 1 aromatic rings. The molecule has 0 aliphatic rings. The Morgan fingerprint density at radius 1 is 1.41 bits per heavy atom. The lowest BCUT2D eigenvalue weighted by atomic mass is 9.88. The molecule has 0 radical (unpaired) electrons. The van der Waals surface area contributed by atoms with E-state index in [0.29, 0.717) is 18.1 Å². The van der Waals surface area contributed by atoms with Crippen molar-refractivity contribution >= 4 is 17.4 Å². The molecule has 0 unspecified atom stereocenters. The van der Waals surface area contributed by atoms with Gasteiger partial charge in [0.2, 0.25) is 0 Å². The van der Waals surface area contributed by atoms with Crippen LogP contribution in [0.3, 0.4) is 0 Å². The van der Waals surface area contributed by atoms with Gasteiger partial charge in [0.25, 0.3) is 0 Å². The van der Waals surface area contributed by atoms with Gasteiger partial charge < -0.3 is 5.32 Å². The minimum atomic E-state index is -0.374. The third kappa shape index (κ3) is 4.46. The highest BCUT2D eigenvalue weighted by atomic mass is 35.5. The van der Waals surface area contributed by atoms with Crippen molar-refractivity contribution in [3.8, 4) is 0 Å². The second-order valence-electron chi connectivity index (χ2n) is 4.93. The first-order chi connectivity index (χ1) is 7.96. The highest BCUT2D eigenvalue weighted by Gasteiger charge is 2.18. The molecule has 17 heavy (non-hydrogen) atoms. The minimum Gasteiger partial charge on any atom is -0.367 e. The number of nitrogens with one attached hydrogen (secondary N) is 1. The lowest BCUT2D eigenvalue weighted by Gasteiger charge is -2.25. The van der Waals surface area contributed by atoms with E-state index < -0.39 is 0 Å². The molecule has 5 heteroatoms. The normalized spacial score (nSPS) is 11.6. The number of hydrogen-bond donors (Lipinski definition) is 1. The van der Waals surface area contributed by atoms with Crippen molar-refractivity contribution in [2.45, 2.75) is 33.6 Å². The molecule has 1 heterocycles. The molecule has 1 N–H and O–H groups in total. The Morgan fingerprint density at radius 2 is 2.12 bits per heavy atom. The predicted molar refractivity (Wildman–Crippen MR) is 69.0 cm³/mol. The first-order valence-corrected chi connectivity index (χ1v) is 6.27. The fraction of sp³-hybridized carbons (Fsp3) is 0.667. The monoisotopic (exact) mass is 259 g/mol. The Morgan fingerprint density at radius 3 is 2.76 bits per heavy atom. The zero-order valence-corrected chi connectivity index (χ0v) is 11.3. The zero-order valence-electron chi connectivity index (χ0n) is 10.6. The van der Waals surface area contributed by atoms with Crippen molar-refractivity contribution in [1.82, 2.24) is 9.97 Å². The Hall–Kier alpha value is -0.900. The molecule has 0 bridgehead atoms. The summed E-state index contributed by atoms with van der Waals surface area (Å²) < 4.78 is 13.6. The molecule has 0 aliphatic heterocycles. The van der Waals surface area contributed by atoms with Gasteiger partial charge in [-0.15, -0.1) is 11.6 Å². The molecule has 0 aliphatic carbocycles. The topological polar surface area (TPSA) is 37.8 Å². The summed E-state index contributed by atoms with van der Waals surface area (Å²) in [6, 6.07) is 0. The van der Waals surface area contributed by atoms with Crippen molar-refractivity contribution < 1.29 is 4.39 Å². The van der Waals surface area contributed by atoms with Crippen LogP contribution in [0.5, 0.6) is 0 Å². The number of halogens is 2. The lowest BCUT2D eigenvalue weighted by molar-refractivity contribution is 0.354. The Balaban J connectivity index is 2.58. The third-order valence-corrected chi connectivity index (χ3v) is 2.95. The molecule has 96 valence electrons. The average Bonchev–Trinajstić information content (AvgIpc) is 2.29. The fourth-order valence-corrected chi connectivity index (χ4v) is 1.67. The largest absolute Gasteiger partial charge is 0.367 e. The number of hydrogen-bond acceptors (Lipinski definition) is 3. The average molecular weight is 260 g/mol. The molecule has 1 rings (SSSR count). The van der Waals surface area contributed by atoms with E-state index in [9.17, 15) is 4.39 Å². The van der Waals surface area contributed by atoms with Gasteiger partial charge in [-0.2, -0.15) is 0 Å². The van der Waals surface area contributed by atoms with Crippen LogP contribution in [0.2, 0.25) is 0 Å². The summed E-state index contributed by atoms with van der Waals surface area (Å²) in [4.78, 5) is 7.69. The van der Waals surface area contributed by atoms with Crippen LogP contribution in [-0.4, -0.2) is 22.4 Å². The number of rotatable bonds is 6. The smallest absolute Gasteiger partial charge is 0.186 e. The summed E-state index contributed by atoms with van der Waals surface area (Å²) in [6.45, 7) is 6.54. The maximum atomic E-state index is 13.6. The first-order valence-electron chi connectivity index (χ1n) is 5.73. The fourth-order valence-electron chi connectivity index (χ4n) is 1.54. The summed E-state index contributed by atoms with van der Waals surface area (Å²) >= 11 is 5.67. The predicted octanol–water partition coefficient (Wildman–Crippen LogP) is 3.38. The molecule has 0 amide bonds. The maximum Gasteiger partial charge on any atom is 0.186 e. The molecular weight excluding hydrogens is 241 g/mol. The zero-order chi connectivity index (χ0) is 12.9. The molecule has 0 saturated carbocycles. The summed E-state index contributed by atoms with van der Waals surface area (Å²) in [6.07, 6.45) is 3.32. The molecule has 0 aromatic carbocycles. The number of nitrogens with zero attached hydrogens (tertiary/aromatic N) is 2. The van der Waals surface area contributed by atoms with Crippen molar-refractivity contribution in [2.24, 2.45) is 5.41 Å². The van der Waals surface area contributed by atoms with E-state index >= 15 is 0 Å². The molecule has 0 spiro atoms. The third-order valence-electron chi connectivity index (χ3n) is 2.69. The number of alkyl halides is 1. The van der Waals surface area contributed by atoms with Crippen molar-refractivity contribution in [2.75, 3.05) is 17.7 Å². The molecule has 0 fully saturated rings. The second kappa shape index (κ2) is 6.15. The van der Waals surface area contributed by atoms with Crippen LogP contribution in [0.4, 0.5) is 10.2 Å². The highest BCUT2D eigenvalue weighted by molar-refractivity contribution is 6.17. The molecule has 3 nitrogen and oxygen atoms in total. The standard InChI is InChI=1S/C12H19ClFN3/c1-9-10(14)11(17-8-16-9)15-7-12(2,3)5-4-6-13/h8H,4-7H2,1-3H3,(H,15,16,17). The second-order valence-corrected chi connectivity index (χ2v) is 5.31. The van der Waals surface area contributed by atoms with E-state index in [1.165, 1.54) is 6.33 Å². The van der Waals surface area contributed by atoms with Gasteiger partial charge in [-0.25, -0.2) is 14.4 Å². The van der Waals surface area contributed by atoms with E-state index in [-0.39, 0.29) is 17.1 Å². The van der Waals surface area contributed by atoms with Gasteiger partial charge in [0.1, 0.15) is 6.33 Å². The van der Waals surface area contributed by atoms with Crippen LogP contribution in [0.1, 0.15) is 32.4 Å². The Bertz CT molecular complexity index is 369. The van der Waals surface area contributed by atoms with E-state index in [0.717, 1.165) is 12.8 Å². The van der Waals surface area contributed by atoms with Crippen molar-refractivity contribution in [3.63, 3.8) is 0 Å². The summed E-state index contributed by atoms with van der Waals surface area (Å²) in [5, 5.41) is 3.03. The number of anilines is 1. The van der Waals surface area contributed by atoms with Crippen LogP contribution in [-0.2, 0) is 0 Å². The van der Waals surface area contributed by atoms with Gasteiger partial charge in [0, 0.05) is 12.4 Å². The van der Waals surface area contributed by atoms with Gasteiger partial charge in [-0.05, 0) is 25.2 Å². The number of aromatic nitrogens is 2. The molecular formula is C12H19ClFN3. The number of aryl methyl sites for hydroxylation is 1. The van der Waals surface area contributed by atoms with E-state index in [1.807, 2.05) is 0 Å². The highest BCUT2D eigenvalue weighted by Crippen LogP contribution is 2.23. The van der Waals surface area contributed by atoms with Gasteiger partial charge in [-0.3, -0.25) is 0 Å². The quantitative estimate of drug-likeness (QED) is 0.796. The van der Waals surface area contributed by atoms with Crippen LogP contribution in [0.25, 0.3) is 0 Å². The molecule has 1 aromatic heterocycles. The van der Waals surface area contributed by atoms with Crippen LogP contribution >= 0.6 is 11.6 Å². The van der Waals surface area contributed by atoms with Crippen LogP contribution in [0.15, 0.2) is 6.33 Å². The van der Waals surface area contributed by atoms with Gasteiger partial charge in [0.15, 0.2) is 11.6 Å². The van der Waals surface area contributed by atoms with Crippen molar-refractivity contribution in [1.29, 1.82) is 0 Å². The maximum absolute atomic E-state index is 13.6. The Labute approximate surface area is 107 Å². The molecule has 0 saturated heterocycles. The lowest BCUT2D eigenvalue weighted by Crippen LogP contribution is -2.24. The van der Waals surface area contributed by atoms with E-state index in [2.05, 4.69) is 29.1 Å². The minimum absolute atomic E-state index is 0.0696. The summed E-state index contributed by atoms with van der Waals surface area (Å²) in [5.41, 5.74) is 0.432. The van der Waals surface area contributed by atoms with Gasteiger partial charge >= 0.3 is 0 Å². The van der Waals surface area contributed by atoms with Crippen LogP contribution in [0, 0.1) is 18.2 Å². The van der Waals surface area contributed by atoms with E-state index in [4.69, 9.17) is 11.6 Å². The SMILES string of the molecule is Cc1ncnc(NCC(C)(C)CCCCl)c1F. The first kappa shape index (κ1) is 14.2. The van der Waals surface area contributed by atoms with E-state index in [1.54, 1.807) is 6.92 Å². The summed E-state index contributed by atoms with van der Waals surface area (Å²) in [7, 11) is 0.